The van der Waals surface area contributed by atoms with Gasteiger partial charge in [-0.05, 0) is 0 Å². The van der Waals surface area contributed by atoms with E-state index in [1.807, 2.05) is 0 Å². The predicted octanol–water partition coefficient (Wildman–Crippen LogP) is 1.55. The van der Waals surface area contributed by atoms with Crippen molar-refractivity contribution < 1.29 is 0 Å². The molecule has 0 unspecified atom stereocenters. The molecule has 0 fully saturated rings. The summed E-state index contributed by atoms with van der Waals surface area (Å²) in [7, 11) is 0. The summed E-state index contributed by atoms with van der Waals surface area (Å²) in [5.41, 5.74) is 5.49. The van der Waals surface area contributed by atoms with Gasteiger partial charge in [0.05, 0.1) is 0 Å². The van der Waals surface area contributed by atoms with Gasteiger partial charge in [-0.2, -0.15) is 0 Å². The molecule has 2 aromatic rings. The van der Waals surface area contributed by atoms with E-state index in [1.165, 1.54) is 17.2 Å². The summed E-state index contributed by atoms with van der Waals surface area (Å²) in [5, 5.41) is 0.522. The van der Waals surface area contributed by atoms with Crippen molar-refractivity contribution in [1.82, 2.24) is 19.5 Å². The molecule has 0 spiro atoms. The van der Waals surface area contributed by atoms with Gasteiger partial charge in [-0.15, -0.1) is 0 Å². The van der Waals surface area contributed by atoms with Crippen molar-refractivity contribution in [2.24, 2.45) is 0 Å². The predicted molar refractivity (Wildman–Crippen MR) is 53.6 cm³/mol. The summed E-state index contributed by atoms with van der Waals surface area (Å²) < 4.78 is 1.52. The van der Waals surface area contributed by atoms with Crippen LogP contribution < -0.4 is 5.73 Å². The average Bonchev–Trinajstić information content (AvgIpc) is 2.48. The first kappa shape index (κ1) is 9.23. The fourth-order valence-corrected chi connectivity index (χ4v) is 1.28. The Hall–Kier alpha value is -1.33. The Morgan fingerprint density at radius 2 is 2.00 bits per heavy atom. The van der Waals surface area contributed by atoms with Crippen LogP contribution in [-0.2, 0) is 0 Å². The SMILES string of the molecule is Nc1cc(-n2cnc(Cl)c2Cl)ncn1. The molecule has 0 aliphatic carbocycles. The van der Waals surface area contributed by atoms with Gasteiger partial charge in [0.1, 0.15) is 24.3 Å². The third-order valence-corrected chi connectivity index (χ3v) is 2.32. The Labute approximate surface area is 89.5 Å². The molecule has 0 aliphatic heterocycles. The van der Waals surface area contributed by atoms with Crippen molar-refractivity contribution in [2.45, 2.75) is 0 Å². The van der Waals surface area contributed by atoms with Gasteiger partial charge in [-0.1, -0.05) is 23.2 Å². The van der Waals surface area contributed by atoms with Crippen LogP contribution in [0.5, 0.6) is 0 Å². The van der Waals surface area contributed by atoms with E-state index in [1.54, 1.807) is 6.07 Å². The van der Waals surface area contributed by atoms with Crippen molar-refractivity contribution in [3.63, 3.8) is 0 Å². The van der Waals surface area contributed by atoms with Crippen LogP contribution in [0, 0.1) is 0 Å². The summed E-state index contributed by atoms with van der Waals surface area (Å²) in [4.78, 5) is 11.5. The van der Waals surface area contributed by atoms with E-state index in [0.717, 1.165) is 0 Å². The Kier molecular flexibility index (Phi) is 2.26. The monoisotopic (exact) mass is 229 g/mol. The molecule has 0 bridgehead atoms. The molecule has 0 saturated heterocycles. The van der Waals surface area contributed by atoms with Crippen LogP contribution in [0.3, 0.4) is 0 Å². The number of nitrogens with zero attached hydrogens (tertiary/aromatic N) is 4. The van der Waals surface area contributed by atoms with Crippen LogP contribution in [0.25, 0.3) is 5.82 Å². The van der Waals surface area contributed by atoms with Gasteiger partial charge in [-0.3, -0.25) is 4.57 Å². The van der Waals surface area contributed by atoms with Crippen molar-refractivity contribution >= 4 is 29.0 Å². The molecule has 5 nitrogen and oxygen atoms in total. The molecule has 0 aliphatic rings. The van der Waals surface area contributed by atoms with Crippen LogP contribution in [-0.4, -0.2) is 19.5 Å². The highest BCUT2D eigenvalue weighted by Gasteiger charge is 2.08. The summed E-state index contributed by atoms with van der Waals surface area (Å²) in [6.45, 7) is 0. The normalized spacial score (nSPS) is 10.4. The lowest BCUT2D eigenvalue weighted by molar-refractivity contribution is 0.974. The van der Waals surface area contributed by atoms with Gasteiger partial charge < -0.3 is 5.73 Å². The summed E-state index contributed by atoms with van der Waals surface area (Å²) in [6, 6.07) is 1.57. The van der Waals surface area contributed by atoms with E-state index >= 15 is 0 Å². The van der Waals surface area contributed by atoms with E-state index in [0.29, 0.717) is 16.8 Å². The van der Waals surface area contributed by atoms with E-state index in [4.69, 9.17) is 28.9 Å². The minimum Gasteiger partial charge on any atom is -0.384 e. The molecule has 0 amide bonds. The van der Waals surface area contributed by atoms with Crippen molar-refractivity contribution in [1.29, 1.82) is 0 Å². The highest BCUT2D eigenvalue weighted by atomic mass is 35.5. The average molecular weight is 230 g/mol. The van der Waals surface area contributed by atoms with E-state index in [9.17, 15) is 0 Å². The lowest BCUT2D eigenvalue weighted by Gasteiger charge is -2.01. The van der Waals surface area contributed by atoms with Gasteiger partial charge in [-0.25, -0.2) is 15.0 Å². The van der Waals surface area contributed by atoms with Gasteiger partial charge in [0.15, 0.2) is 10.3 Å². The molecule has 72 valence electrons. The first-order valence-corrected chi connectivity index (χ1v) is 4.40. The van der Waals surface area contributed by atoms with Crippen molar-refractivity contribution in [3.8, 4) is 5.82 Å². The molecule has 2 heterocycles. The van der Waals surface area contributed by atoms with Crippen molar-refractivity contribution in [2.75, 3.05) is 5.73 Å². The summed E-state index contributed by atoms with van der Waals surface area (Å²) in [6.07, 6.45) is 2.81. The Bertz CT molecular complexity index is 467. The zero-order valence-corrected chi connectivity index (χ0v) is 8.37. The summed E-state index contributed by atoms with van der Waals surface area (Å²) in [5.74, 6) is 0.887. The molecule has 2 rings (SSSR count). The maximum atomic E-state index is 5.86. The molecule has 14 heavy (non-hydrogen) atoms. The number of aromatic nitrogens is 4. The topological polar surface area (TPSA) is 69.6 Å². The maximum Gasteiger partial charge on any atom is 0.166 e. The minimum absolute atomic E-state index is 0.226. The van der Waals surface area contributed by atoms with Crippen LogP contribution in [0.15, 0.2) is 18.7 Å². The second kappa shape index (κ2) is 3.43. The second-order valence-corrected chi connectivity index (χ2v) is 3.21. The lowest BCUT2D eigenvalue weighted by Crippen LogP contribution is -1.99. The number of hydrogen-bond donors (Lipinski definition) is 1. The molecule has 7 heteroatoms. The molecule has 2 aromatic heterocycles. The maximum absolute atomic E-state index is 5.86. The van der Waals surface area contributed by atoms with Crippen LogP contribution in [0.4, 0.5) is 5.82 Å². The number of nitrogen functional groups attached to an aromatic ring is 1. The smallest absolute Gasteiger partial charge is 0.166 e. The summed E-state index contributed by atoms with van der Waals surface area (Å²) >= 11 is 11.5. The molecule has 2 N–H and O–H groups in total. The number of anilines is 1. The largest absolute Gasteiger partial charge is 0.384 e. The first-order valence-electron chi connectivity index (χ1n) is 3.64. The number of nitrogens with two attached hydrogens (primary N) is 1. The quantitative estimate of drug-likeness (QED) is 0.806. The Morgan fingerprint density at radius 1 is 1.21 bits per heavy atom. The highest BCUT2D eigenvalue weighted by molar-refractivity contribution is 6.40. The Balaban J connectivity index is 2.55. The third kappa shape index (κ3) is 1.51. The van der Waals surface area contributed by atoms with E-state index in [-0.39, 0.29) is 5.15 Å². The molecule has 0 aromatic carbocycles. The zero-order valence-electron chi connectivity index (χ0n) is 6.85. The number of rotatable bonds is 1. The lowest BCUT2D eigenvalue weighted by atomic mass is 10.5. The fraction of sp³-hybridized carbons (Fsp3) is 0. The van der Waals surface area contributed by atoms with Crippen molar-refractivity contribution in [3.05, 3.63) is 29.0 Å². The van der Waals surface area contributed by atoms with Crippen LogP contribution >= 0.6 is 23.2 Å². The minimum atomic E-state index is 0.226. The first-order chi connectivity index (χ1) is 6.68. The third-order valence-electron chi connectivity index (χ3n) is 1.59. The van der Waals surface area contributed by atoms with Gasteiger partial charge >= 0.3 is 0 Å². The highest BCUT2D eigenvalue weighted by Crippen LogP contribution is 2.22. The van der Waals surface area contributed by atoms with E-state index < -0.39 is 0 Å². The zero-order chi connectivity index (χ0) is 10.1. The van der Waals surface area contributed by atoms with Gasteiger partial charge in [0.2, 0.25) is 0 Å². The van der Waals surface area contributed by atoms with Crippen LogP contribution in [0.1, 0.15) is 0 Å². The molecular weight excluding hydrogens is 225 g/mol. The van der Waals surface area contributed by atoms with Gasteiger partial charge in [0, 0.05) is 6.07 Å². The molecule has 0 atom stereocenters. The fourth-order valence-electron chi connectivity index (χ4n) is 0.965. The Morgan fingerprint density at radius 3 is 2.57 bits per heavy atom. The number of hydrogen-bond acceptors (Lipinski definition) is 4. The number of imidazole rings is 1. The van der Waals surface area contributed by atoms with Gasteiger partial charge in [0.25, 0.3) is 0 Å². The molecule has 0 radical (unpaired) electrons. The van der Waals surface area contributed by atoms with Crippen LogP contribution in [0.2, 0.25) is 10.3 Å². The standard InChI is InChI=1S/C7H5Cl2N5/c8-6-7(9)14(3-13-6)5-1-4(10)11-2-12-5/h1-3H,(H2,10,11,12). The second-order valence-electron chi connectivity index (χ2n) is 2.50. The molecule has 0 saturated carbocycles. The molecular formula is C7H5Cl2N5. The number of halogens is 2. The van der Waals surface area contributed by atoms with E-state index in [2.05, 4.69) is 15.0 Å².